The summed E-state index contributed by atoms with van der Waals surface area (Å²) in [5.74, 6) is -1.26. The molecule has 30 heavy (non-hydrogen) atoms. The number of rotatable bonds is 5. The van der Waals surface area contributed by atoms with Crippen LogP contribution < -0.4 is 15.5 Å². The fourth-order valence-electron chi connectivity index (χ4n) is 3.98. The minimum absolute atomic E-state index is 0.00871. The lowest BCUT2D eigenvalue weighted by Gasteiger charge is -2.30. The minimum Gasteiger partial charge on any atom is -0.361 e. The molecule has 2 aromatic carbocycles. The fraction of sp³-hybridized carbons (Fsp3) is 0.250. The second kappa shape index (κ2) is 8.71. The predicted octanol–water partition coefficient (Wildman–Crippen LogP) is 4.22. The lowest BCUT2D eigenvalue weighted by Crippen LogP contribution is -2.41. The van der Waals surface area contributed by atoms with E-state index < -0.39 is 11.8 Å². The van der Waals surface area contributed by atoms with Crippen LogP contribution in [0.3, 0.4) is 0 Å². The molecule has 0 aliphatic carbocycles. The Morgan fingerprint density at radius 1 is 1.00 bits per heavy atom. The van der Waals surface area contributed by atoms with Crippen molar-refractivity contribution in [2.75, 3.05) is 23.3 Å². The first-order valence-electron chi connectivity index (χ1n) is 10.1. The normalized spacial score (nSPS) is 13.6. The van der Waals surface area contributed by atoms with Gasteiger partial charge in [0.2, 0.25) is 0 Å². The zero-order valence-corrected chi connectivity index (χ0v) is 18.0. The smallest absolute Gasteiger partial charge is 0.313 e. The number of para-hydroxylation sites is 2. The topological polar surface area (TPSA) is 61.4 Å². The van der Waals surface area contributed by atoms with Crippen LogP contribution in [-0.4, -0.2) is 24.9 Å². The second-order valence-corrected chi connectivity index (χ2v) is 8.51. The summed E-state index contributed by atoms with van der Waals surface area (Å²) in [6.45, 7) is 5.09. The molecule has 1 atom stereocenters. The highest BCUT2D eigenvalue weighted by Gasteiger charge is 2.28. The van der Waals surface area contributed by atoms with Gasteiger partial charge in [-0.2, -0.15) is 0 Å². The van der Waals surface area contributed by atoms with Crippen LogP contribution in [0.5, 0.6) is 0 Å². The maximum Gasteiger partial charge on any atom is 0.313 e. The monoisotopic (exact) mass is 419 g/mol. The van der Waals surface area contributed by atoms with E-state index in [1.54, 1.807) is 11.3 Å². The number of carbonyl (C=O) groups is 2. The van der Waals surface area contributed by atoms with Gasteiger partial charge in [0.15, 0.2) is 0 Å². The first-order valence-corrected chi connectivity index (χ1v) is 11.0. The molecular formula is C24H25N3O2S. The molecule has 0 saturated heterocycles. The molecule has 0 bridgehead atoms. The van der Waals surface area contributed by atoms with Crippen LogP contribution >= 0.6 is 11.3 Å². The van der Waals surface area contributed by atoms with Gasteiger partial charge in [-0.3, -0.25) is 9.59 Å². The van der Waals surface area contributed by atoms with Gasteiger partial charge in [0.25, 0.3) is 0 Å². The Bertz CT molecular complexity index is 1040. The molecule has 3 aromatic rings. The molecule has 5 nitrogen and oxygen atoms in total. The van der Waals surface area contributed by atoms with E-state index in [2.05, 4.69) is 39.8 Å². The molecule has 154 valence electrons. The number of hydrogen-bond donors (Lipinski definition) is 2. The molecule has 0 fully saturated rings. The number of nitrogens with zero attached hydrogens (tertiary/aromatic N) is 1. The number of hydrogen-bond acceptors (Lipinski definition) is 4. The highest BCUT2D eigenvalue weighted by Crippen LogP contribution is 2.36. The zero-order chi connectivity index (χ0) is 21.1. The molecule has 1 aliphatic rings. The first-order chi connectivity index (χ1) is 14.5. The van der Waals surface area contributed by atoms with Crippen molar-refractivity contribution in [3.63, 3.8) is 0 Å². The van der Waals surface area contributed by atoms with Gasteiger partial charge in [-0.15, -0.1) is 11.3 Å². The highest BCUT2D eigenvalue weighted by molar-refractivity contribution is 7.10. The Labute approximate surface area is 180 Å². The number of nitrogens with one attached hydrogen (secondary N) is 2. The molecule has 2 N–H and O–H groups in total. The summed E-state index contributed by atoms with van der Waals surface area (Å²) in [6, 6.07) is 18.2. The average molecular weight is 420 g/mol. The maximum absolute atomic E-state index is 12.6. The summed E-state index contributed by atoms with van der Waals surface area (Å²) in [5, 5.41) is 7.65. The van der Waals surface area contributed by atoms with Crippen LogP contribution in [0.4, 0.5) is 11.4 Å². The number of amides is 2. The van der Waals surface area contributed by atoms with Gasteiger partial charge < -0.3 is 15.5 Å². The Hall–Kier alpha value is -3.12. The van der Waals surface area contributed by atoms with E-state index in [9.17, 15) is 9.59 Å². The van der Waals surface area contributed by atoms with Crippen LogP contribution in [0.2, 0.25) is 0 Å². The Morgan fingerprint density at radius 2 is 1.77 bits per heavy atom. The number of benzene rings is 2. The first kappa shape index (κ1) is 20.2. The van der Waals surface area contributed by atoms with Crippen molar-refractivity contribution in [2.45, 2.75) is 26.3 Å². The number of carbonyl (C=O) groups excluding carboxylic acids is 2. The number of thiophene rings is 1. The molecular weight excluding hydrogens is 394 g/mol. The van der Waals surface area contributed by atoms with Crippen LogP contribution in [0.1, 0.15) is 27.6 Å². The van der Waals surface area contributed by atoms with Crippen molar-refractivity contribution in [3.05, 3.63) is 81.5 Å². The van der Waals surface area contributed by atoms with Crippen molar-refractivity contribution >= 4 is 34.5 Å². The summed E-state index contributed by atoms with van der Waals surface area (Å²) in [6.07, 6.45) is 0.985. The van der Waals surface area contributed by atoms with E-state index in [1.165, 1.54) is 16.1 Å². The summed E-state index contributed by atoms with van der Waals surface area (Å²) in [7, 11) is 0. The van der Waals surface area contributed by atoms with E-state index in [0.717, 1.165) is 24.1 Å². The van der Waals surface area contributed by atoms with Crippen molar-refractivity contribution in [1.29, 1.82) is 0 Å². The molecule has 2 amide bonds. The van der Waals surface area contributed by atoms with Crippen molar-refractivity contribution < 1.29 is 9.59 Å². The van der Waals surface area contributed by atoms with Crippen LogP contribution in [0.15, 0.2) is 60.0 Å². The number of anilines is 2. The van der Waals surface area contributed by atoms with Crippen molar-refractivity contribution in [1.82, 2.24) is 5.32 Å². The van der Waals surface area contributed by atoms with E-state index in [4.69, 9.17) is 0 Å². The largest absolute Gasteiger partial charge is 0.361 e. The van der Waals surface area contributed by atoms with Gasteiger partial charge in [-0.1, -0.05) is 42.5 Å². The fourth-order valence-corrected chi connectivity index (χ4v) is 4.82. The second-order valence-electron chi connectivity index (χ2n) is 7.53. The Morgan fingerprint density at radius 3 is 2.50 bits per heavy atom. The standard InChI is InChI=1S/C24H25N3O2S/c1-16-7-5-8-17(2)22(16)26-24(29)23(28)25-15-20(21-11-6-14-30-21)27-13-12-18-9-3-4-10-19(18)27/h3-11,14,20H,12-13,15H2,1-2H3,(H,25,28)(H,26,29). The lowest BCUT2D eigenvalue weighted by atomic mass is 10.1. The Kier molecular flexibility index (Phi) is 5.86. The van der Waals surface area contributed by atoms with Gasteiger partial charge in [-0.25, -0.2) is 0 Å². The molecule has 1 aromatic heterocycles. The van der Waals surface area contributed by atoms with Gasteiger partial charge in [0.05, 0.1) is 6.04 Å². The summed E-state index contributed by atoms with van der Waals surface area (Å²) < 4.78 is 0. The highest BCUT2D eigenvalue weighted by atomic mass is 32.1. The van der Waals surface area contributed by atoms with E-state index in [-0.39, 0.29) is 6.04 Å². The van der Waals surface area contributed by atoms with Crippen LogP contribution in [0.25, 0.3) is 0 Å². The maximum atomic E-state index is 12.6. The van der Waals surface area contributed by atoms with E-state index in [0.29, 0.717) is 12.2 Å². The van der Waals surface area contributed by atoms with Crippen LogP contribution in [-0.2, 0) is 16.0 Å². The molecule has 0 saturated carbocycles. The number of aryl methyl sites for hydroxylation is 2. The van der Waals surface area contributed by atoms with Crippen LogP contribution in [0, 0.1) is 13.8 Å². The predicted molar refractivity (Wildman–Crippen MR) is 122 cm³/mol. The number of fused-ring (bicyclic) bond motifs is 1. The van der Waals surface area contributed by atoms with Crippen molar-refractivity contribution in [2.24, 2.45) is 0 Å². The summed E-state index contributed by atoms with van der Waals surface area (Å²) in [5.41, 5.74) is 5.08. The third-order valence-corrected chi connectivity index (χ3v) is 6.53. The molecule has 6 heteroatoms. The zero-order valence-electron chi connectivity index (χ0n) is 17.1. The Balaban J connectivity index is 1.47. The molecule has 2 heterocycles. The summed E-state index contributed by atoms with van der Waals surface area (Å²) >= 11 is 1.67. The van der Waals surface area contributed by atoms with Crippen molar-refractivity contribution in [3.8, 4) is 0 Å². The molecule has 1 unspecified atom stereocenters. The van der Waals surface area contributed by atoms with E-state index >= 15 is 0 Å². The van der Waals surface area contributed by atoms with E-state index in [1.807, 2.05) is 49.6 Å². The van der Waals surface area contributed by atoms with Gasteiger partial charge in [-0.05, 0) is 54.5 Å². The van der Waals surface area contributed by atoms with Gasteiger partial charge in [0.1, 0.15) is 0 Å². The lowest BCUT2D eigenvalue weighted by molar-refractivity contribution is -0.136. The molecule has 0 spiro atoms. The average Bonchev–Trinajstić information content (AvgIpc) is 3.42. The third kappa shape index (κ3) is 4.09. The molecule has 4 rings (SSSR count). The van der Waals surface area contributed by atoms with Gasteiger partial charge in [0, 0.05) is 29.3 Å². The minimum atomic E-state index is -0.640. The third-order valence-electron chi connectivity index (χ3n) is 5.55. The summed E-state index contributed by atoms with van der Waals surface area (Å²) in [4.78, 5) is 28.6. The van der Waals surface area contributed by atoms with Gasteiger partial charge >= 0.3 is 11.8 Å². The molecule has 0 radical (unpaired) electrons. The molecule has 1 aliphatic heterocycles. The SMILES string of the molecule is Cc1cccc(C)c1NC(=O)C(=O)NCC(c1cccs1)N1CCc2ccccc21. The quantitative estimate of drug-likeness (QED) is 0.609.